The van der Waals surface area contributed by atoms with Crippen molar-refractivity contribution >= 4 is 22.9 Å². The van der Waals surface area contributed by atoms with E-state index >= 15 is 0 Å². The number of nitrogens with one attached hydrogen (secondary N) is 1. The molecule has 0 bridgehead atoms. The molecular formula is C20H21ClN2O2S. The molecule has 1 aromatic heterocycles. The van der Waals surface area contributed by atoms with Gasteiger partial charge in [-0.15, -0.1) is 11.3 Å². The van der Waals surface area contributed by atoms with E-state index in [-0.39, 0.29) is 6.04 Å². The van der Waals surface area contributed by atoms with Crippen molar-refractivity contribution < 1.29 is 9.47 Å². The highest BCUT2D eigenvalue weighted by Gasteiger charge is 2.15. The summed E-state index contributed by atoms with van der Waals surface area (Å²) >= 11 is 7.86. The molecular weight excluding hydrogens is 368 g/mol. The van der Waals surface area contributed by atoms with Gasteiger partial charge in [-0.05, 0) is 30.7 Å². The lowest BCUT2D eigenvalue weighted by molar-refractivity contribution is 0.356. The van der Waals surface area contributed by atoms with Crippen molar-refractivity contribution in [2.45, 2.75) is 19.5 Å². The first-order valence-electron chi connectivity index (χ1n) is 8.27. The Labute approximate surface area is 162 Å². The number of halogens is 1. The lowest BCUT2D eigenvalue weighted by Gasteiger charge is -2.14. The van der Waals surface area contributed by atoms with Gasteiger partial charge >= 0.3 is 0 Å². The van der Waals surface area contributed by atoms with Crippen LogP contribution in [0.1, 0.15) is 24.2 Å². The van der Waals surface area contributed by atoms with E-state index < -0.39 is 0 Å². The molecule has 0 aliphatic rings. The van der Waals surface area contributed by atoms with Crippen molar-refractivity contribution in [3.8, 4) is 22.1 Å². The number of methoxy groups -OCH3 is 2. The maximum Gasteiger partial charge on any atom is 0.170 e. The molecule has 0 radical (unpaired) electrons. The Morgan fingerprint density at radius 2 is 1.92 bits per heavy atom. The highest BCUT2D eigenvalue weighted by molar-refractivity contribution is 7.13. The van der Waals surface area contributed by atoms with Gasteiger partial charge in [0.15, 0.2) is 11.5 Å². The van der Waals surface area contributed by atoms with Crippen LogP contribution in [-0.4, -0.2) is 19.2 Å². The van der Waals surface area contributed by atoms with Crippen molar-refractivity contribution in [1.29, 1.82) is 0 Å². The summed E-state index contributed by atoms with van der Waals surface area (Å²) in [6.45, 7) is 2.76. The Morgan fingerprint density at radius 3 is 2.65 bits per heavy atom. The summed E-state index contributed by atoms with van der Waals surface area (Å²) in [5.41, 5.74) is 3.00. The highest BCUT2D eigenvalue weighted by atomic mass is 35.5. The second-order valence-corrected chi connectivity index (χ2v) is 7.07. The summed E-state index contributed by atoms with van der Waals surface area (Å²) in [7, 11) is 3.28. The van der Waals surface area contributed by atoms with Crippen LogP contribution in [0.2, 0.25) is 5.02 Å². The van der Waals surface area contributed by atoms with Gasteiger partial charge in [0.1, 0.15) is 5.01 Å². The standard InChI is InChI=1S/C20H21ClN2O2S/c1-13(15-7-4-5-9-17(15)21)22-11-14-12-26-20(23-14)16-8-6-10-18(24-2)19(16)25-3/h4-10,12-13,22H,11H2,1-3H3/t13-/m1/s1. The molecule has 0 spiro atoms. The number of hydrogen-bond donors (Lipinski definition) is 1. The zero-order valence-corrected chi connectivity index (χ0v) is 16.5. The topological polar surface area (TPSA) is 43.4 Å². The zero-order valence-electron chi connectivity index (χ0n) is 15.0. The van der Waals surface area contributed by atoms with E-state index in [0.29, 0.717) is 18.0 Å². The van der Waals surface area contributed by atoms with Crippen LogP contribution in [-0.2, 0) is 6.54 Å². The van der Waals surface area contributed by atoms with Gasteiger partial charge in [-0.3, -0.25) is 0 Å². The van der Waals surface area contributed by atoms with E-state index in [1.54, 1.807) is 25.6 Å². The number of thiazole rings is 1. The first-order valence-corrected chi connectivity index (χ1v) is 9.53. The minimum absolute atomic E-state index is 0.139. The Balaban J connectivity index is 1.74. The van der Waals surface area contributed by atoms with Crippen molar-refractivity contribution in [1.82, 2.24) is 10.3 Å². The average molecular weight is 389 g/mol. The number of rotatable bonds is 7. The van der Waals surface area contributed by atoms with Gasteiger partial charge in [0.2, 0.25) is 0 Å². The van der Waals surface area contributed by atoms with E-state index in [0.717, 1.165) is 26.9 Å². The average Bonchev–Trinajstić information content (AvgIpc) is 3.14. The van der Waals surface area contributed by atoms with Crippen molar-refractivity contribution in [2.75, 3.05) is 14.2 Å². The van der Waals surface area contributed by atoms with Gasteiger partial charge in [-0.25, -0.2) is 4.98 Å². The summed E-state index contributed by atoms with van der Waals surface area (Å²) in [6.07, 6.45) is 0. The molecule has 3 aromatic rings. The Hall–Kier alpha value is -2.08. The number of benzene rings is 2. The molecule has 1 heterocycles. The second kappa shape index (κ2) is 8.54. The molecule has 0 aliphatic carbocycles. The molecule has 26 heavy (non-hydrogen) atoms. The number of para-hydroxylation sites is 1. The van der Waals surface area contributed by atoms with Crippen LogP contribution in [0, 0.1) is 0 Å². The van der Waals surface area contributed by atoms with Crippen LogP contribution in [0.15, 0.2) is 47.8 Å². The number of ether oxygens (including phenoxy) is 2. The smallest absolute Gasteiger partial charge is 0.170 e. The molecule has 1 atom stereocenters. The fourth-order valence-electron chi connectivity index (χ4n) is 2.76. The van der Waals surface area contributed by atoms with Crippen LogP contribution in [0.5, 0.6) is 11.5 Å². The van der Waals surface area contributed by atoms with Crippen LogP contribution in [0.4, 0.5) is 0 Å². The SMILES string of the molecule is COc1cccc(-c2nc(CN[C@H](C)c3ccccc3Cl)cs2)c1OC. The van der Waals surface area contributed by atoms with Crippen LogP contribution < -0.4 is 14.8 Å². The predicted molar refractivity (Wildman–Crippen MR) is 107 cm³/mol. The minimum Gasteiger partial charge on any atom is -0.493 e. The summed E-state index contributed by atoms with van der Waals surface area (Å²) in [5.74, 6) is 1.40. The van der Waals surface area contributed by atoms with Crippen LogP contribution in [0.25, 0.3) is 10.6 Å². The quantitative estimate of drug-likeness (QED) is 0.594. The molecule has 0 amide bonds. The molecule has 0 fully saturated rings. The molecule has 2 aromatic carbocycles. The van der Waals surface area contributed by atoms with Gasteiger partial charge in [0, 0.05) is 23.0 Å². The maximum absolute atomic E-state index is 6.27. The van der Waals surface area contributed by atoms with E-state index in [2.05, 4.69) is 17.6 Å². The predicted octanol–water partition coefficient (Wildman–Crippen LogP) is 5.33. The molecule has 0 unspecified atom stereocenters. The second-order valence-electron chi connectivity index (χ2n) is 5.81. The summed E-state index contributed by atoms with van der Waals surface area (Å²) in [4.78, 5) is 4.74. The Morgan fingerprint density at radius 1 is 1.12 bits per heavy atom. The molecule has 6 heteroatoms. The van der Waals surface area contributed by atoms with E-state index in [1.807, 2.05) is 42.5 Å². The fourth-order valence-corrected chi connectivity index (χ4v) is 3.90. The molecule has 0 saturated carbocycles. The lowest BCUT2D eigenvalue weighted by Crippen LogP contribution is -2.18. The summed E-state index contributed by atoms with van der Waals surface area (Å²) in [5, 5.41) is 7.21. The molecule has 4 nitrogen and oxygen atoms in total. The molecule has 3 rings (SSSR count). The fraction of sp³-hybridized carbons (Fsp3) is 0.250. The normalized spacial score (nSPS) is 12.0. The minimum atomic E-state index is 0.139. The van der Waals surface area contributed by atoms with Crippen LogP contribution >= 0.6 is 22.9 Å². The van der Waals surface area contributed by atoms with E-state index in [9.17, 15) is 0 Å². The van der Waals surface area contributed by atoms with Gasteiger partial charge in [-0.2, -0.15) is 0 Å². The monoisotopic (exact) mass is 388 g/mol. The van der Waals surface area contributed by atoms with Gasteiger partial charge in [-0.1, -0.05) is 35.9 Å². The summed E-state index contributed by atoms with van der Waals surface area (Å²) < 4.78 is 10.9. The van der Waals surface area contributed by atoms with E-state index in [1.165, 1.54) is 0 Å². The van der Waals surface area contributed by atoms with E-state index in [4.69, 9.17) is 26.1 Å². The Bertz CT molecular complexity index is 882. The van der Waals surface area contributed by atoms with Crippen molar-refractivity contribution in [3.05, 3.63) is 64.1 Å². The first kappa shape index (κ1) is 18.7. The number of hydrogen-bond acceptors (Lipinski definition) is 5. The van der Waals surface area contributed by atoms with Gasteiger partial charge in [0.25, 0.3) is 0 Å². The third-order valence-corrected chi connectivity index (χ3v) is 5.41. The van der Waals surface area contributed by atoms with Crippen molar-refractivity contribution in [2.24, 2.45) is 0 Å². The zero-order chi connectivity index (χ0) is 18.5. The maximum atomic E-state index is 6.27. The van der Waals surface area contributed by atoms with Crippen LogP contribution in [0.3, 0.4) is 0 Å². The van der Waals surface area contributed by atoms with Gasteiger partial charge < -0.3 is 14.8 Å². The third kappa shape index (κ3) is 4.01. The summed E-state index contributed by atoms with van der Waals surface area (Å²) in [6, 6.07) is 13.8. The number of nitrogens with zero attached hydrogens (tertiary/aromatic N) is 1. The Kier molecular flexibility index (Phi) is 6.14. The molecule has 1 N–H and O–H groups in total. The largest absolute Gasteiger partial charge is 0.493 e. The highest BCUT2D eigenvalue weighted by Crippen LogP contribution is 2.39. The number of aromatic nitrogens is 1. The molecule has 0 saturated heterocycles. The third-order valence-electron chi connectivity index (χ3n) is 4.15. The van der Waals surface area contributed by atoms with Gasteiger partial charge in [0.05, 0.1) is 25.5 Å². The lowest BCUT2D eigenvalue weighted by atomic mass is 10.1. The van der Waals surface area contributed by atoms with Crippen molar-refractivity contribution in [3.63, 3.8) is 0 Å². The first-order chi connectivity index (χ1) is 12.6. The molecule has 136 valence electrons. The molecule has 0 aliphatic heterocycles.